The van der Waals surface area contributed by atoms with Gasteiger partial charge in [-0.3, -0.25) is 9.79 Å². The highest BCUT2D eigenvalue weighted by Crippen LogP contribution is 2.68. The normalized spacial score (nSPS) is 44.5. The summed E-state index contributed by atoms with van der Waals surface area (Å²) in [6, 6.07) is 0.461. The summed E-state index contributed by atoms with van der Waals surface area (Å²) in [5.74, 6) is 2.13. The number of hydrogen-bond acceptors (Lipinski definition) is 5. The first kappa shape index (κ1) is 26.9. The SMILES string of the molecule is CCC[C@@H]1N=C(C(C)C)OC[C@@]1(C)[C@H]1C=C2C(=O)C[C@]3(C)[C@@H]([C@H](C)N(C)C)[C@H](O)C[C@@]3(C)[C@@H]2CC1. The number of aliphatic imine (C=N–C) groups is 1. The average molecular weight is 487 g/mol. The predicted molar refractivity (Wildman–Crippen MR) is 142 cm³/mol. The Morgan fingerprint density at radius 3 is 2.46 bits per heavy atom. The van der Waals surface area contributed by atoms with Gasteiger partial charge in [-0.2, -0.15) is 0 Å². The van der Waals surface area contributed by atoms with Crippen LogP contribution in [0.25, 0.3) is 0 Å². The Morgan fingerprint density at radius 2 is 1.86 bits per heavy atom. The standard InChI is InChI=1S/C30H50N2O3/c1-10-11-25-28(5,17-35-27(31-25)18(2)3)20-12-13-22-21(14-20)23(33)15-30(7)26(19(4)32(8)9)24(34)16-29(22,30)6/h14,18-20,22,24-26,34H,10-13,15-17H2,1-9H3/t19-,20+,22+,24+,25-,26-,28-,29-,30+/m0/s1. The summed E-state index contributed by atoms with van der Waals surface area (Å²) in [5.41, 5.74) is 0.690. The van der Waals surface area contributed by atoms with Gasteiger partial charge in [0.15, 0.2) is 11.7 Å². The molecule has 0 radical (unpaired) electrons. The molecule has 0 unspecified atom stereocenters. The minimum Gasteiger partial charge on any atom is -0.480 e. The van der Waals surface area contributed by atoms with Crippen LogP contribution >= 0.6 is 0 Å². The van der Waals surface area contributed by atoms with Crippen molar-refractivity contribution in [1.82, 2.24) is 4.90 Å². The molecule has 2 fully saturated rings. The molecule has 4 rings (SSSR count). The monoisotopic (exact) mass is 486 g/mol. The number of ether oxygens (including phenoxy) is 1. The van der Waals surface area contributed by atoms with Gasteiger partial charge in [-0.25, -0.2) is 0 Å². The highest BCUT2D eigenvalue weighted by molar-refractivity contribution is 5.98. The van der Waals surface area contributed by atoms with E-state index in [1.807, 2.05) is 0 Å². The van der Waals surface area contributed by atoms with Crippen LogP contribution in [0.4, 0.5) is 0 Å². The van der Waals surface area contributed by atoms with Crippen LogP contribution in [0.3, 0.4) is 0 Å². The number of rotatable bonds is 6. The van der Waals surface area contributed by atoms with Crippen molar-refractivity contribution in [3.8, 4) is 0 Å². The Morgan fingerprint density at radius 1 is 1.17 bits per heavy atom. The van der Waals surface area contributed by atoms with Crippen molar-refractivity contribution in [1.29, 1.82) is 0 Å². The summed E-state index contributed by atoms with van der Waals surface area (Å²) >= 11 is 0. The lowest BCUT2D eigenvalue weighted by atomic mass is 9.48. The van der Waals surface area contributed by atoms with Gasteiger partial charge in [-0.1, -0.05) is 54.0 Å². The minimum absolute atomic E-state index is 0.0676. The van der Waals surface area contributed by atoms with Gasteiger partial charge < -0.3 is 14.7 Å². The number of fused-ring (bicyclic) bond motifs is 3. The van der Waals surface area contributed by atoms with Gasteiger partial charge in [0.05, 0.1) is 18.8 Å². The molecule has 3 aliphatic carbocycles. The van der Waals surface area contributed by atoms with Gasteiger partial charge in [-0.15, -0.1) is 0 Å². The third-order valence-electron chi connectivity index (χ3n) is 11.0. The number of aliphatic hydroxyl groups is 1. The highest BCUT2D eigenvalue weighted by atomic mass is 16.5. The molecule has 1 heterocycles. The summed E-state index contributed by atoms with van der Waals surface area (Å²) in [6.07, 6.45) is 7.53. The molecule has 0 saturated heterocycles. The molecule has 35 heavy (non-hydrogen) atoms. The van der Waals surface area contributed by atoms with Crippen molar-refractivity contribution in [2.75, 3.05) is 20.7 Å². The van der Waals surface area contributed by atoms with Crippen molar-refractivity contribution in [2.24, 2.45) is 44.9 Å². The van der Waals surface area contributed by atoms with Crippen molar-refractivity contribution < 1.29 is 14.6 Å². The lowest BCUT2D eigenvalue weighted by Crippen LogP contribution is -2.55. The maximum absolute atomic E-state index is 13.8. The number of ketones is 1. The van der Waals surface area contributed by atoms with Crippen LogP contribution in [-0.4, -0.2) is 60.6 Å². The van der Waals surface area contributed by atoms with E-state index in [-0.39, 0.29) is 46.3 Å². The lowest BCUT2D eigenvalue weighted by molar-refractivity contribution is -0.130. The molecular weight excluding hydrogens is 436 g/mol. The first-order valence-corrected chi connectivity index (χ1v) is 14.1. The molecule has 1 aliphatic heterocycles. The third-order valence-corrected chi connectivity index (χ3v) is 11.0. The zero-order valence-corrected chi connectivity index (χ0v) is 23.7. The number of aliphatic hydroxyl groups excluding tert-OH is 1. The van der Waals surface area contributed by atoms with E-state index < -0.39 is 0 Å². The summed E-state index contributed by atoms with van der Waals surface area (Å²) in [7, 11) is 4.18. The molecule has 0 aromatic carbocycles. The molecule has 0 bridgehead atoms. The second-order valence-corrected chi connectivity index (χ2v) is 13.5. The third kappa shape index (κ3) is 4.04. The minimum atomic E-state index is -0.366. The molecule has 5 heteroatoms. The zero-order chi connectivity index (χ0) is 25.9. The van der Waals surface area contributed by atoms with Crippen LogP contribution < -0.4 is 0 Å². The predicted octanol–water partition coefficient (Wildman–Crippen LogP) is 5.52. The molecule has 198 valence electrons. The van der Waals surface area contributed by atoms with E-state index in [2.05, 4.69) is 73.5 Å². The number of allylic oxidation sites excluding steroid dienone is 2. The Labute approximate surface area is 213 Å². The Kier molecular flexibility index (Phi) is 7.12. The maximum Gasteiger partial charge on any atom is 0.186 e. The van der Waals surface area contributed by atoms with Crippen molar-refractivity contribution in [3.05, 3.63) is 11.6 Å². The van der Waals surface area contributed by atoms with Crippen molar-refractivity contribution in [3.63, 3.8) is 0 Å². The number of nitrogens with zero attached hydrogens (tertiary/aromatic N) is 2. The Balaban J connectivity index is 1.68. The van der Waals surface area contributed by atoms with Crippen LogP contribution in [0.1, 0.15) is 87.0 Å². The van der Waals surface area contributed by atoms with Gasteiger partial charge in [-0.05, 0) is 74.9 Å². The van der Waals surface area contributed by atoms with E-state index in [0.29, 0.717) is 30.6 Å². The van der Waals surface area contributed by atoms with Gasteiger partial charge in [0.1, 0.15) is 0 Å². The average Bonchev–Trinajstić information content (AvgIpc) is 2.99. The van der Waals surface area contributed by atoms with E-state index in [9.17, 15) is 9.90 Å². The van der Waals surface area contributed by atoms with Crippen molar-refractivity contribution >= 4 is 11.7 Å². The molecule has 1 N–H and O–H groups in total. The highest BCUT2D eigenvalue weighted by Gasteiger charge is 2.67. The summed E-state index contributed by atoms with van der Waals surface area (Å²) in [4.78, 5) is 21.1. The molecule has 2 saturated carbocycles. The molecule has 9 atom stereocenters. The zero-order valence-electron chi connectivity index (χ0n) is 23.7. The van der Waals surface area contributed by atoms with Crippen LogP contribution in [0.15, 0.2) is 16.6 Å². The van der Waals surface area contributed by atoms with Gasteiger partial charge >= 0.3 is 0 Å². The first-order chi connectivity index (χ1) is 16.3. The van der Waals surface area contributed by atoms with Crippen molar-refractivity contribution in [2.45, 2.75) is 105 Å². The number of carbonyl (C=O) groups excluding carboxylic acids is 1. The number of carbonyl (C=O) groups is 1. The van der Waals surface area contributed by atoms with Crippen LogP contribution in [0, 0.1) is 39.9 Å². The second-order valence-electron chi connectivity index (χ2n) is 13.5. The molecule has 4 aliphatic rings. The van der Waals surface area contributed by atoms with Gasteiger partial charge in [0.25, 0.3) is 0 Å². The summed E-state index contributed by atoms with van der Waals surface area (Å²) in [6.45, 7) is 16.4. The molecule has 0 aromatic rings. The second kappa shape index (κ2) is 9.28. The molecule has 0 spiro atoms. The number of Topliss-reactive ketones (excluding diaryl/α,β-unsaturated/α-hetero) is 1. The van der Waals surface area contributed by atoms with E-state index in [1.54, 1.807) is 0 Å². The maximum atomic E-state index is 13.8. The topological polar surface area (TPSA) is 62.1 Å². The van der Waals surface area contributed by atoms with Gasteiger partial charge in [0.2, 0.25) is 0 Å². The van der Waals surface area contributed by atoms with E-state index >= 15 is 0 Å². The fraction of sp³-hybridized carbons (Fsp3) is 0.867. The quantitative estimate of drug-likeness (QED) is 0.537. The Hall–Kier alpha value is -1.20. The fourth-order valence-electron chi connectivity index (χ4n) is 8.46. The molecule has 0 amide bonds. The first-order valence-electron chi connectivity index (χ1n) is 14.1. The summed E-state index contributed by atoms with van der Waals surface area (Å²) in [5, 5.41) is 11.3. The van der Waals surface area contributed by atoms with Crippen LogP contribution in [0.5, 0.6) is 0 Å². The van der Waals surface area contributed by atoms with Crippen LogP contribution in [-0.2, 0) is 9.53 Å². The van der Waals surface area contributed by atoms with E-state index in [4.69, 9.17) is 9.73 Å². The van der Waals surface area contributed by atoms with Crippen LogP contribution in [0.2, 0.25) is 0 Å². The van der Waals surface area contributed by atoms with E-state index in [0.717, 1.165) is 43.6 Å². The number of hydrogen-bond donors (Lipinski definition) is 1. The molecular formula is C30H50N2O3. The lowest BCUT2D eigenvalue weighted by Gasteiger charge is -2.56. The largest absolute Gasteiger partial charge is 0.480 e. The summed E-state index contributed by atoms with van der Waals surface area (Å²) < 4.78 is 6.23. The Bertz CT molecular complexity index is 894. The van der Waals surface area contributed by atoms with Gasteiger partial charge in [0, 0.05) is 29.7 Å². The molecule has 0 aromatic heterocycles. The molecule has 5 nitrogen and oxygen atoms in total. The smallest absolute Gasteiger partial charge is 0.186 e. The fourth-order valence-corrected chi connectivity index (χ4v) is 8.46. The van der Waals surface area contributed by atoms with E-state index in [1.165, 1.54) is 0 Å².